The fourth-order valence-electron chi connectivity index (χ4n) is 6.06. The summed E-state index contributed by atoms with van der Waals surface area (Å²) in [7, 11) is 0. The van der Waals surface area contributed by atoms with E-state index in [1.54, 1.807) is 6.33 Å². The zero-order valence-electron chi connectivity index (χ0n) is 22.0. The summed E-state index contributed by atoms with van der Waals surface area (Å²) in [5, 5.41) is 0. The molecule has 190 valence electrons. The molecule has 5 rings (SSSR count). The van der Waals surface area contributed by atoms with Crippen molar-refractivity contribution in [3.63, 3.8) is 0 Å². The predicted octanol–water partition coefficient (Wildman–Crippen LogP) is 4.90. The van der Waals surface area contributed by atoms with Crippen molar-refractivity contribution in [2.24, 2.45) is 0 Å². The van der Waals surface area contributed by atoms with Crippen LogP contribution in [0.4, 0.5) is 11.5 Å². The lowest BCUT2D eigenvalue weighted by molar-refractivity contribution is 0.188. The normalized spacial score (nSPS) is 20.6. The lowest BCUT2D eigenvalue weighted by Gasteiger charge is -2.38. The molecule has 3 aliphatic rings. The van der Waals surface area contributed by atoms with Crippen LogP contribution in [-0.4, -0.2) is 72.1 Å². The molecule has 6 nitrogen and oxygen atoms in total. The lowest BCUT2D eigenvalue weighted by Crippen LogP contribution is -2.47. The Kier molecular flexibility index (Phi) is 8.20. The van der Waals surface area contributed by atoms with E-state index in [1.165, 1.54) is 86.5 Å². The van der Waals surface area contributed by atoms with Crippen molar-refractivity contribution in [3.8, 4) is 0 Å². The van der Waals surface area contributed by atoms with Gasteiger partial charge in [-0.3, -0.25) is 9.80 Å². The summed E-state index contributed by atoms with van der Waals surface area (Å²) in [5.41, 5.74) is 5.40. The molecule has 0 radical (unpaired) electrons. The Balaban J connectivity index is 1.20. The second kappa shape index (κ2) is 11.7. The number of benzene rings is 1. The first-order chi connectivity index (χ1) is 17.2. The van der Waals surface area contributed by atoms with E-state index in [-0.39, 0.29) is 0 Å². The molecule has 0 saturated carbocycles. The molecule has 0 amide bonds. The fourth-order valence-corrected chi connectivity index (χ4v) is 6.06. The quantitative estimate of drug-likeness (QED) is 0.505. The zero-order valence-corrected chi connectivity index (χ0v) is 22.0. The van der Waals surface area contributed by atoms with E-state index in [1.807, 2.05) is 0 Å². The summed E-state index contributed by atoms with van der Waals surface area (Å²) in [4.78, 5) is 19.8. The second-order valence-electron chi connectivity index (χ2n) is 10.7. The Morgan fingerprint density at radius 2 is 1.60 bits per heavy atom. The summed E-state index contributed by atoms with van der Waals surface area (Å²) in [5.74, 6) is 1.20. The van der Waals surface area contributed by atoms with Gasteiger partial charge in [0.1, 0.15) is 12.1 Å². The number of nitrogens with zero attached hydrogens (tertiary/aromatic N) is 6. The summed E-state index contributed by atoms with van der Waals surface area (Å²) < 4.78 is 0. The number of piperazine rings is 1. The van der Waals surface area contributed by atoms with E-state index in [0.29, 0.717) is 6.04 Å². The molecule has 4 heterocycles. The van der Waals surface area contributed by atoms with Crippen LogP contribution in [0.1, 0.15) is 75.2 Å². The van der Waals surface area contributed by atoms with Gasteiger partial charge < -0.3 is 9.80 Å². The van der Waals surface area contributed by atoms with Crippen LogP contribution in [0.3, 0.4) is 0 Å². The molecular weight excluding hydrogens is 432 g/mol. The molecule has 35 heavy (non-hydrogen) atoms. The molecule has 0 bridgehead atoms. The van der Waals surface area contributed by atoms with Crippen LogP contribution in [0, 0.1) is 0 Å². The van der Waals surface area contributed by atoms with Crippen molar-refractivity contribution in [2.45, 2.75) is 71.4 Å². The van der Waals surface area contributed by atoms with Gasteiger partial charge in [0.2, 0.25) is 0 Å². The predicted molar refractivity (Wildman–Crippen MR) is 145 cm³/mol. The van der Waals surface area contributed by atoms with Crippen LogP contribution < -0.4 is 9.80 Å². The largest absolute Gasteiger partial charge is 0.372 e. The highest BCUT2D eigenvalue weighted by Gasteiger charge is 2.28. The van der Waals surface area contributed by atoms with Gasteiger partial charge in [0.05, 0.1) is 5.69 Å². The Hall–Kier alpha value is -2.18. The molecule has 0 aliphatic carbocycles. The van der Waals surface area contributed by atoms with Crippen LogP contribution >= 0.6 is 0 Å². The number of anilines is 2. The number of fused-ring (bicyclic) bond motifs is 1. The van der Waals surface area contributed by atoms with Gasteiger partial charge in [-0.15, -0.1) is 0 Å². The van der Waals surface area contributed by atoms with Crippen LogP contribution in [0.15, 0.2) is 30.6 Å². The lowest BCUT2D eigenvalue weighted by atomic mass is 9.99. The third-order valence-electron chi connectivity index (χ3n) is 8.41. The zero-order chi connectivity index (χ0) is 24.0. The summed E-state index contributed by atoms with van der Waals surface area (Å²) >= 11 is 0. The van der Waals surface area contributed by atoms with E-state index < -0.39 is 0 Å². The topological polar surface area (TPSA) is 38.7 Å². The van der Waals surface area contributed by atoms with Crippen LogP contribution in [-0.2, 0) is 13.0 Å². The smallest absolute Gasteiger partial charge is 0.135 e. The molecule has 1 aromatic heterocycles. The molecular formula is C29H44N6. The number of hydrogen-bond donors (Lipinski definition) is 0. The second-order valence-corrected chi connectivity index (χ2v) is 10.7. The van der Waals surface area contributed by atoms with Crippen LogP contribution in [0.25, 0.3) is 0 Å². The van der Waals surface area contributed by atoms with Crippen molar-refractivity contribution in [1.82, 2.24) is 19.8 Å². The minimum Gasteiger partial charge on any atom is -0.372 e. The SMILES string of the molecule is CCCCCN1CCN(c2ncnc3c2CCN(C(C)c2ccc(N4CCCCC4)cc2)C3)CC1. The van der Waals surface area contributed by atoms with Gasteiger partial charge in [0, 0.05) is 69.7 Å². The number of unbranched alkanes of at least 4 members (excludes halogenated alkanes) is 2. The maximum Gasteiger partial charge on any atom is 0.135 e. The molecule has 2 fully saturated rings. The average Bonchev–Trinajstić information content (AvgIpc) is 2.93. The molecule has 2 saturated heterocycles. The number of hydrogen-bond acceptors (Lipinski definition) is 6. The molecule has 1 atom stereocenters. The molecule has 3 aliphatic heterocycles. The Bertz CT molecular complexity index is 931. The van der Waals surface area contributed by atoms with Crippen molar-refractivity contribution < 1.29 is 0 Å². The van der Waals surface area contributed by atoms with Crippen LogP contribution in [0.5, 0.6) is 0 Å². The maximum absolute atomic E-state index is 4.77. The molecule has 1 unspecified atom stereocenters. The van der Waals surface area contributed by atoms with Gasteiger partial charge in [-0.2, -0.15) is 0 Å². The van der Waals surface area contributed by atoms with Crippen molar-refractivity contribution in [2.75, 3.05) is 62.2 Å². The van der Waals surface area contributed by atoms with E-state index in [4.69, 9.17) is 9.97 Å². The standard InChI is InChI=1S/C29H44N6/c1-3-4-6-14-32-18-20-34(21-19-32)29-27-13-17-35(22-28(27)30-23-31-29)24(2)25-9-11-26(12-10-25)33-15-7-5-8-16-33/h9-12,23-24H,3-8,13-22H2,1-2H3. The van der Waals surface area contributed by atoms with Gasteiger partial charge >= 0.3 is 0 Å². The Morgan fingerprint density at radius 1 is 0.829 bits per heavy atom. The minimum atomic E-state index is 0.392. The number of piperidine rings is 1. The number of aromatic nitrogens is 2. The molecule has 0 spiro atoms. The van der Waals surface area contributed by atoms with E-state index in [2.05, 4.69) is 57.7 Å². The summed E-state index contributed by atoms with van der Waals surface area (Å²) in [6, 6.07) is 9.74. The highest BCUT2D eigenvalue weighted by molar-refractivity contribution is 5.51. The van der Waals surface area contributed by atoms with Crippen LogP contribution in [0.2, 0.25) is 0 Å². The van der Waals surface area contributed by atoms with Crippen molar-refractivity contribution in [1.29, 1.82) is 0 Å². The monoisotopic (exact) mass is 476 g/mol. The minimum absolute atomic E-state index is 0.392. The Labute approximate surface area is 212 Å². The van der Waals surface area contributed by atoms with E-state index in [0.717, 1.165) is 45.7 Å². The highest BCUT2D eigenvalue weighted by atomic mass is 15.3. The fraction of sp³-hybridized carbons (Fsp3) is 0.655. The molecule has 6 heteroatoms. The Morgan fingerprint density at radius 3 is 2.34 bits per heavy atom. The van der Waals surface area contributed by atoms with Gasteiger partial charge in [0.25, 0.3) is 0 Å². The molecule has 1 aromatic carbocycles. The van der Waals surface area contributed by atoms with Gasteiger partial charge in [-0.05, 0) is 63.3 Å². The molecule has 2 aromatic rings. The third-order valence-corrected chi connectivity index (χ3v) is 8.41. The first-order valence-corrected chi connectivity index (χ1v) is 14.1. The van der Waals surface area contributed by atoms with E-state index in [9.17, 15) is 0 Å². The first-order valence-electron chi connectivity index (χ1n) is 14.1. The van der Waals surface area contributed by atoms with Gasteiger partial charge in [0.15, 0.2) is 0 Å². The summed E-state index contributed by atoms with van der Waals surface area (Å²) in [6.07, 6.45) is 10.8. The summed E-state index contributed by atoms with van der Waals surface area (Å²) in [6.45, 7) is 14.7. The van der Waals surface area contributed by atoms with Gasteiger partial charge in [-0.1, -0.05) is 31.9 Å². The van der Waals surface area contributed by atoms with E-state index >= 15 is 0 Å². The number of rotatable bonds is 8. The third kappa shape index (κ3) is 5.80. The highest BCUT2D eigenvalue weighted by Crippen LogP contribution is 2.32. The average molecular weight is 477 g/mol. The maximum atomic E-state index is 4.77. The van der Waals surface area contributed by atoms with Gasteiger partial charge in [-0.25, -0.2) is 9.97 Å². The van der Waals surface area contributed by atoms with Crippen molar-refractivity contribution in [3.05, 3.63) is 47.4 Å². The molecule has 0 N–H and O–H groups in total. The van der Waals surface area contributed by atoms with Crippen molar-refractivity contribution >= 4 is 11.5 Å². The first kappa shape index (κ1) is 24.5.